The molecule has 2 atom stereocenters. The number of rotatable bonds is 1. The summed E-state index contributed by atoms with van der Waals surface area (Å²) in [4.78, 5) is 0. The molecule has 0 radical (unpaired) electrons. The summed E-state index contributed by atoms with van der Waals surface area (Å²) in [5, 5.41) is 16.7. The summed E-state index contributed by atoms with van der Waals surface area (Å²) in [6, 6.07) is 0. The van der Waals surface area contributed by atoms with Crippen LogP contribution in [0, 0.1) is 0 Å². The van der Waals surface area contributed by atoms with Crippen LogP contribution in [0.1, 0.15) is 6.92 Å². The maximum atomic E-state index is 8.37. The molecule has 2 nitrogen and oxygen atoms in total. The predicted octanol–water partition coefficient (Wildman–Crippen LogP) is 0.121. The summed E-state index contributed by atoms with van der Waals surface area (Å²) in [5.41, 5.74) is 0. The van der Waals surface area contributed by atoms with E-state index >= 15 is 0 Å². The Bertz CT molecular complexity index is 29.8. The molecule has 0 aromatic rings. The molecule has 0 heterocycles. The maximum absolute atomic E-state index is 8.37. The predicted molar refractivity (Wildman–Crippen MR) is 31.7 cm³/mol. The second kappa shape index (κ2) is 2.76. The van der Waals surface area contributed by atoms with E-state index in [9.17, 15) is 0 Å². The summed E-state index contributed by atoms with van der Waals surface area (Å²) in [7, 11) is 0. The zero-order valence-electron chi connectivity index (χ0n) is 3.43. The molecule has 0 amide bonds. The number of alkyl halides is 1. The molecular formula is C3H7IO2. The quantitative estimate of drug-likeness (QED) is 0.468. The summed E-state index contributed by atoms with van der Waals surface area (Å²) in [6.07, 6.45) is -0.606. The van der Waals surface area contributed by atoms with Gasteiger partial charge in [0.05, 0.1) is 6.10 Å². The Kier molecular flexibility index (Phi) is 3.06. The van der Waals surface area contributed by atoms with Crippen molar-refractivity contribution < 1.29 is 10.2 Å². The molecule has 0 aliphatic rings. The maximum Gasteiger partial charge on any atom is 0.130 e. The second-order valence-electron chi connectivity index (χ2n) is 1.11. The third-order valence-corrected chi connectivity index (χ3v) is 1.44. The summed E-state index contributed by atoms with van der Waals surface area (Å²) >= 11 is 1.74. The first-order valence-corrected chi connectivity index (χ1v) is 2.89. The van der Waals surface area contributed by atoms with Gasteiger partial charge >= 0.3 is 0 Å². The van der Waals surface area contributed by atoms with Crippen molar-refractivity contribution in [3.63, 3.8) is 0 Å². The van der Waals surface area contributed by atoms with Crippen molar-refractivity contribution in [2.24, 2.45) is 0 Å². The Balaban J connectivity index is 2.99. The number of aliphatic hydroxyl groups is 2. The molecule has 0 aromatic heterocycles. The average molecular weight is 202 g/mol. The van der Waals surface area contributed by atoms with Gasteiger partial charge in [0.1, 0.15) is 4.11 Å². The number of hydrogen-bond acceptors (Lipinski definition) is 2. The fourth-order valence-electron chi connectivity index (χ4n) is 0. The van der Waals surface area contributed by atoms with Crippen LogP contribution in [0.4, 0.5) is 0 Å². The topological polar surface area (TPSA) is 40.5 Å². The lowest BCUT2D eigenvalue weighted by molar-refractivity contribution is 0.0974. The third kappa shape index (κ3) is 2.87. The Morgan fingerprint density at radius 3 is 1.67 bits per heavy atom. The van der Waals surface area contributed by atoms with Crippen molar-refractivity contribution in [3.05, 3.63) is 0 Å². The highest BCUT2D eigenvalue weighted by Gasteiger charge is 2.01. The van der Waals surface area contributed by atoms with Gasteiger partial charge in [-0.3, -0.25) is 0 Å². The van der Waals surface area contributed by atoms with Gasteiger partial charge in [-0.1, -0.05) is 0 Å². The zero-order chi connectivity index (χ0) is 5.15. The van der Waals surface area contributed by atoms with Gasteiger partial charge in [0, 0.05) is 0 Å². The molecule has 0 spiro atoms. The lowest BCUT2D eigenvalue weighted by Gasteiger charge is -2.01. The molecule has 0 aromatic carbocycles. The molecule has 0 unspecified atom stereocenters. The first-order chi connectivity index (χ1) is 2.64. The van der Waals surface area contributed by atoms with Gasteiger partial charge in [-0.2, -0.15) is 0 Å². The van der Waals surface area contributed by atoms with Gasteiger partial charge in [0.25, 0.3) is 0 Å². The zero-order valence-corrected chi connectivity index (χ0v) is 5.58. The minimum atomic E-state index is -0.623. The molecule has 0 saturated carbocycles. The van der Waals surface area contributed by atoms with Crippen molar-refractivity contribution in [2.45, 2.75) is 17.1 Å². The Morgan fingerprint density at radius 2 is 1.67 bits per heavy atom. The van der Waals surface area contributed by atoms with Crippen LogP contribution in [-0.4, -0.2) is 20.4 Å². The van der Waals surface area contributed by atoms with Gasteiger partial charge < -0.3 is 10.2 Å². The van der Waals surface area contributed by atoms with Crippen molar-refractivity contribution in [3.8, 4) is 0 Å². The first-order valence-electron chi connectivity index (χ1n) is 1.65. The smallest absolute Gasteiger partial charge is 0.130 e. The van der Waals surface area contributed by atoms with Crippen LogP contribution in [0.25, 0.3) is 0 Å². The molecule has 2 N–H and O–H groups in total. The minimum absolute atomic E-state index is 0.606. The SMILES string of the molecule is C[C@H](O)[C@H](O)I. The molecular weight excluding hydrogens is 195 g/mol. The van der Waals surface area contributed by atoms with Crippen LogP contribution in [0.2, 0.25) is 0 Å². The third-order valence-electron chi connectivity index (χ3n) is 0.398. The molecule has 0 rings (SSSR count). The van der Waals surface area contributed by atoms with Crippen LogP contribution in [0.3, 0.4) is 0 Å². The average Bonchev–Trinajstić information content (AvgIpc) is 1.36. The normalized spacial score (nSPS) is 20.0. The van der Waals surface area contributed by atoms with E-state index in [0.717, 1.165) is 0 Å². The van der Waals surface area contributed by atoms with E-state index in [1.165, 1.54) is 6.92 Å². The van der Waals surface area contributed by atoms with Gasteiger partial charge in [-0.05, 0) is 29.5 Å². The highest BCUT2D eigenvalue weighted by molar-refractivity contribution is 14.1. The molecule has 0 saturated heterocycles. The van der Waals surface area contributed by atoms with Crippen LogP contribution in [-0.2, 0) is 0 Å². The Morgan fingerprint density at radius 1 is 1.50 bits per heavy atom. The van der Waals surface area contributed by atoms with Crippen LogP contribution in [0.5, 0.6) is 0 Å². The van der Waals surface area contributed by atoms with E-state index in [1.54, 1.807) is 22.6 Å². The molecule has 0 fully saturated rings. The summed E-state index contributed by atoms with van der Waals surface area (Å²) < 4.78 is -0.623. The van der Waals surface area contributed by atoms with E-state index in [1.807, 2.05) is 0 Å². The lowest BCUT2D eigenvalue weighted by atomic mass is 10.5. The number of aliphatic hydroxyl groups excluding tert-OH is 2. The molecule has 3 heteroatoms. The molecule has 0 bridgehead atoms. The Labute approximate surface area is 50.3 Å². The summed E-state index contributed by atoms with van der Waals surface area (Å²) in [5.74, 6) is 0. The lowest BCUT2D eigenvalue weighted by Crippen LogP contribution is -2.13. The Hall–Kier alpha value is 0.650. The molecule has 0 aliphatic carbocycles. The van der Waals surface area contributed by atoms with Gasteiger partial charge in [-0.15, -0.1) is 0 Å². The van der Waals surface area contributed by atoms with Gasteiger partial charge in [0.15, 0.2) is 0 Å². The molecule has 38 valence electrons. The van der Waals surface area contributed by atoms with E-state index in [4.69, 9.17) is 10.2 Å². The fourth-order valence-corrected chi connectivity index (χ4v) is 0. The minimum Gasteiger partial charge on any atom is -0.390 e. The van der Waals surface area contributed by atoms with Crippen LogP contribution in [0.15, 0.2) is 0 Å². The van der Waals surface area contributed by atoms with Gasteiger partial charge in [-0.25, -0.2) is 0 Å². The highest BCUT2D eigenvalue weighted by atomic mass is 127. The molecule has 0 aliphatic heterocycles. The van der Waals surface area contributed by atoms with Crippen molar-refractivity contribution in [1.82, 2.24) is 0 Å². The highest BCUT2D eigenvalue weighted by Crippen LogP contribution is 1.98. The fraction of sp³-hybridized carbons (Fsp3) is 1.00. The monoisotopic (exact) mass is 202 g/mol. The van der Waals surface area contributed by atoms with Crippen molar-refractivity contribution >= 4 is 22.6 Å². The van der Waals surface area contributed by atoms with E-state index < -0.39 is 10.2 Å². The summed E-state index contributed by atoms with van der Waals surface area (Å²) in [6.45, 7) is 1.54. The van der Waals surface area contributed by atoms with Crippen LogP contribution < -0.4 is 0 Å². The number of halogens is 1. The second-order valence-corrected chi connectivity index (χ2v) is 2.39. The van der Waals surface area contributed by atoms with Crippen molar-refractivity contribution in [1.29, 1.82) is 0 Å². The largest absolute Gasteiger partial charge is 0.390 e. The van der Waals surface area contributed by atoms with E-state index in [-0.39, 0.29) is 0 Å². The van der Waals surface area contributed by atoms with E-state index in [0.29, 0.717) is 0 Å². The van der Waals surface area contributed by atoms with E-state index in [2.05, 4.69) is 0 Å². The number of hydrogen-bond donors (Lipinski definition) is 2. The standard InChI is InChI=1S/C3H7IO2/c1-2(5)3(4)6/h2-3,5-6H,1H3/t2-,3-/m0/s1. The first kappa shape index (κ1) is 6.65. The van der Waals surface area contributed by atoms with Crippen LogP contribution >= 0.6 is 22.6 Å². The molecule has 6 heavy (non-hydrogen) atoms. The van der Waals surface area contributed by atoms with Gasteiger partial charge in [0.2, 0.25) is 0 Å². The van der Waals surface area contributed by atoms with Crippen molar-refractivity contribution in [2.75, 3.05) is 0 Å².